The molecule has 1 heterocycles. The van der Waals surface area contributed by atoms with Crippen LogP contribution in [0.15, 0.2) is 24.3 Å². The maximum absolute atomic E-state index is 11.2. The zero-order valence-corrected chi connectivity index (χ0v) is 9.79. The summed E-state index contributed by atoms with van der Waals surface area (Å²) in [5, 5.41) is 5.62. The van der Waals surface area contributed by atoms with Gasteiger partial charge in [-0.3, -0.25) is 4.79 Å². The molecule has 0 atom stereocenters. The van der Waals surface area contributed by atoms with Gasteiger partial charge in [-0.15, -0.1) is 0 Å². The Labute approximate surface area is 99.6 Å². The van der Waals surface area contributed by atoms with Gasteiger partial charge in [-0.05, 0) is 19.2 Å². The van der Waals surface area contributed by atoms with E-state index in [9.17, 15) is 4.79 Å². The van der Waals surface area contributed by atoms with E-state index in [0.29, 0.717) is 19.5 Å². The molecule has 0 fully saturated rings. The number of aromatic nitrogens is 2. The highest BCUT2D eigenvalue weighted by molar-refractivity contribution is 5.78. The van der Waals surface area contributed by atoms with Gasteiger partial charge < -0.3 is 15.6 Å². The van der Waals surface area contributed by atoms with Crippen LogP contribution in [0.25, 0.3) is 11.0 Å². The van der Waals surface area contributed by atoms with Crippen molar-refractivity contribution < 1.29 is 4.79 Å². The van der Waals surface area contributed by atoms with E-state index >= 15 is 0 Å². The number of amides is 1. The summed E-state index contributed by atoms with van der Waals surface area (Å²) < 4.78 is 0. The van der Waals surface area contributed by atoms with Crippen LogP contribution in [0.5, 0.6) is 0 Å². The van der Waals surface area contributed by atoms with Gasteiger partial charge in [0, 0.05) is 13.0 Å². The highest BCUT2D eigenvalue weighted by Gasteiger charge is 2.02. The summed E-state index contributed by atoms with van der Waals surface area (Å²) in [6.07, 6.45) is 0.712. The van der Waals surface area contributed by atoms with Crippen LogP contribution in [0.4, 0.5) is 0 Å². The Hall–Kier alpha value is -1.88. The monoisotopic (exact) mass is 232 g/mol. The second-order valence-electron chi connectivity index (χ2n) is 3.83. The summed E-state index contributed by atoms with van der Waals surface area (Å²) in [4.78, 5) is 18.9. The van der Waals surface area contributed by atoms with E-state index in [4.69, 9.17) is 0 Å². The molecule has 0 unspecified atom stereocenters. The third kappa shape index (κ3) is 3.04. The Morgan fingerprint density at radius 2 is 2.24 bits per heavy atom. The van der Waals surface area contributed by atoms with Gasteiger partial charge in [0.15, 0.2) is 0 Å². The first-order valence-electron chi connectivity index (χ1n) is 5.64. The van der Waals surface area contributed by atoms with E-state index in [1.165, 1.54) is 0 Å². The zero-order valence-electron chi connectivity index (χ0n) is 9.79. The molecule has 0 aliphatic rings. The van der Waals surface area contributed by atoms with Gasteiger partial charge >= 0.3 is 0 Å². The van der Waals surface area contributed by atoms with Crippen LogP contribution in [0.1, 0.15) is 5.82 Å². The van der Waals surface area contributed by atoms with Gasteiger partial charge in [-0.1, -0.05) is 12.1 Å². The van der Waals surface area contributed by atoms with Gasteiger partial charge in [0.05, 0.1) is 17.6 Å². The molecular formula is C12H16N4O. The average Bonchev–Trinajstić information content (AvgIpc) is 2.71. The van der Waals surface area contributed by atoms with E-state index in [2.05, 4.69) is 20.6 Å². The molecule has 2 rings (SSSR count). The Bertz CT molecular complexity index is 473. The van der Waals surface area contributed by atoms with E-state index in [1.54, 1.807) is 7.05 Å². The molecule has 90 valence electrons. The number of hydrogen-bond acceptors (Lipinski definition) is 3. The number of nitrogens with zero attached hydrogens (tertiary/aromatic N) is 1. The summed E-state index contributed by atoms with van der Waals surface area (Å²) in [6.45, 7) is 0.945. The van der Waals surface area contributed by atoms with Gasteiger partial charge in [0.2, 0.25) is 5.91 Å². The molecule has 5 nitrogen and oxygen atoms in total. The van der Waals surface area contributed by atoms with Crippen molar-refractivity contribution in [2.45, 2.75) is 6.42 Å². The van der Waals surface area contributed by atoms with E-state index in [0.717, 1.165) is 16.9 Å². The molecule has 0 aliphatic carbocycles. The first-order chi connectivity index (χ1) is 8.29. The lowest BCUT2D eigenvalue weighted by molar-refractivity contribution is -0.120. The van der Waals surface area contributed by atoms with Crippen molar-refractivity contribution in [1.82, 2.24) is 20.6 Å². The molecule has 0 bridgehead atoms. The average molecular weight is 232 g/mol. The van der Waals surface area contributed by atoms with Crippen molar-refractivity contribution in [3.63, 3.8) is 0 Å². The number of aromatic amines is 1. The smallest absolute Gasteiger partial charge is 0.233 e. The molecule has 3 N–H and O–H groups in total. The predicted molar refractivity (Wildman–Crippen MR) is 66.7 cm³/mol. The summed E-state index contributed by atoms with van der Waals surface area (Å²) in [7, 11) is 1.75. The van der Waals surface area contributed by atoms with Gasteiger partial charge in [0.1, 0.15) is 5.82 Å². The number of carbonyl (C=O) groups is 1. The molecule has 0 aliphatic heterocycles. The van der Waals surface area contributed by atoms with Crippen LogP contribution in [0, 0.1) is 0 Å². The Balaban J connectivity index is 1.89. The molecule has 5 heteroatoms. The summed E-state index contributed by atoms with van der Waals surface area (Å²) in [6, 6.07) is 7.89. The summed E-state index contributed by atoms with van der Waals surface area (Å²) >= 11 is 0. The summed E-state index contributed by atoms with van der Waals surface area (Å²) in [5.41, 5.74) is 1.99. The lowest BCUT2D eigenvalue weighted by atomic mass is 10.3. The lowest BCUT2D eigenvalue weighted by Crippen LogP contribution is -2.33. The maximum Gasteiger partial charge on any atom is 0.233 e. The minimum absolute atomic E-state index is 0.00334. The van der Waals surface area contributed by atoms with Crippen LogP contribution in [0.3, 0.4) is 0 Å². The van der Waals surface area contributed by atoms with Crippen molar-refractivity contribution in [2.75, 3.05) is 20.1 Å². The first kappa shape index (κ1) is 11.6. The van der Waals surface area contributed by atoms with E-state index < -0.39 is 0 Å². The highest BCUT2D eigenvalue weighted by atomic mass is 16.1. The third-order valence-corrected chi connectivity index (χ3v) is 2.46. The fraction of sp³-hybridized carbons (Fsp3) is 0.333. The number of rotatable bonds is 5. The van der Waals surface area contributed by atoms with Crippen LogP contribution >= 0.6 is 0 Å². The second kappa shape index (κ2) is 5.45. The summed E-state index contributed by atoms with van der Waals surface area (Å²) in [5.74, 6) is 0.902. The van der Waals surface area contributed by atoms with Gasteiger partial charge in [-0.25, -0.2) is 4.98 Å². The van der Waals surface area contributed by atoms with E-state index in [-0.39, 0.29) is 5.91 Å². The Kier molecular flexibility index (Phi) is 3.72. The molecule has 0 saturated heterocycles. The minimum atomic E-state index is 0.00334. The number of nitrogens with one attached hydrogen (secondary N) is 3. The quantitative estimate of drug-likeness (QED) is 0.700. The number of para-hydroxylation sites is 2. The predicted octanol–water partition coefficient (Wildman–Crippen LogP) is 0.441. The van der Waals surface area contributed by atoms with Gasteiger partial charge in [-0.2, -0.15) is 0 Å². The molecule has 0 saturated carbocycles. The standard InChI is InChI=1S/C12H16N4O/c1-13-8-12(17)14-7-6-11-15-9-4-2-3-5-10(9)16-11/h2-5,13H,6-8H2,1H3,(H,14,17)(H,15,16). The molecule has 0 spiro atoms. The van der Waals surface area contributed by atoms with Crippen molar-refractivity contribution >= 4 is 16.9 Å². The molecule has 2 aromatic rings. The molecule has 1 aromatic carbocycles. The number of imidazole rings is 1. The highest BCUT2D eigenvalue weighted by Crippen LogP contribution is 2.09. The molecule has 1 amide bonds. The number of carbonyl (C=O) groups excluding carboxylic acids is 1. The minimum Gasteiger partial charge on any atom is -0.355 e. The normalized spacial score (nSPS) is 10.6. The van der Waals surface area contributed by atoms with Crippen molar-refractivity contribution in [2.24, 2.45) is 0 Å². The molecular weight excluding hydrogens is 216 g/mol. The first-order valence-corrected chi connectivity index (χ1v) is 5.64. The van der Waals surface area contributed by atoms with Crippen LogP contribution < -0.4 is 10.6 Å². The molecule has 1 aromatic heterocycles. The number of fused-ring (bicyclic) bond motifs is 1. The number of H-pyrrole nitrogens is 1. The van der Waals surface area contributed by atoms with Crippen LogP contribution in [-0.4, -0.2) is 36.0 Å². The van der Waals surface area contributed by atoms with Gasteiger partial charge in [0.25, 0.3) is 0 Å². The number of hydrogen-bond donors (Lipinski definition) is 3. The number of benzene rings is 1. The fourth-order valence-corrected chi connectivity index (χ4v) is 1.67. The Morgan fingerprint density at radius 1 is 1.41 bits per heavy atom. The molecule has 17 heavy (non-hydrogen) atoms. The van der Waals surface area contributed by atoms with Crippen molar-refractivity contribution in [3.05, 3.63) is 30.1 Å². The largest absolute Gasteiger partial charge is 0.355 e. The SMILES string of the molecule is CNCC(=O)NCCc1nc2ccccc2[nH]1. The van der Waals surface area contributed by atoms with E-state index in [1.807, 2.05) is 24.3 Å². The van der Waals surface area contributed by atoms with Crippen molar-refractivity contribution in [1.29, 1.82) is 0 Å². The second-order valence-corrected chi connectivity index (χ2v) is 3.83. The Morgan fingerprint density at radius 3 is 3.00 bits per heavy atom. The third-order valence-electron chi connectivity index (χ3n) is 2.46. The molecule has 0 radical (unpaired) electrons. The maximum atomic E-state index is 11.2. The fourth-order valence-electron chi connectivity index (χ4n) is 1.67. The van der Waals surface area contributed by atoms with Crippen LogP contribution in [-0.2, 0) is 11.2 Å². The topological polar surface area (TPSA) is 69.8 Å². The lowest BCUT2D eigenvalue weighted by Gasteiger charge is -2.02. The zero-order chi connectivity index (χ0) is 12.1. The van der Waals surface area contributed by atoms with Crippen LogP contribution in [0.2, 0.25) is 0 Å². The number of likely N-dealkylation sites (N-methyl/N-ethyl adjacent to an activating group) is 1. The van der Waals surface area contributed by atoms with Crippen molar-refractivity contribution in [3.8, 4) is 0 Å².